The molecule has 9 nitrogen and oxygen atoms in total. The van der Waals surface area contributed by atoms with E-state index in [1.54, 1.807) is 27.7 Å². The molecule has 1 aliphatic heterocycles. The molecule has 1 heterocycles. The number of nitrogens with one attached hydrogen (secondary N) is 1. The molecule has 1 saturated heterocycles. The SMILES string of the molecule is CC(NC(=O)OCc1ccccc1)[C@@H]1[C@@H](OS(C)(=O)=O)CCN1C(=O)OC(C)(C)C. The third-order valence-corrected chi connectivity index (χ3v) is 4.99. The van der Waals surface area contributed by atoms with E-state index < -0.39 is 46.1 Å². The van der Waals surface area contributed by atoms with E-state index in [4.69, 9.17) is 13.7 Å². The van der Waals surface area contributed by atoms with Gasteiger partial charge in [-0.2, -0.15) is 8.42 Å². The molecule has 0 aromatic heterocycles. The van der Waals surface area contributed by atoms with Crippen molar-refractivity contribution in [2.75, 3.05) is 12.8 Å². The predicted molar refractivity (Wildman–Crippen MR) is 110 cm³/mol. The third-order valence-electron chi connectivity index (χ3n) is 4.39. The first-order valence-electron chi connectivity index (χ1n) is 9.71. The summed E-state index contributed by atoms with van der Waals surface area (Å²) in [6.45, 7) is 7.21. The molecule has 1 aromatic rings. The maximum absolute atomic E-state index is 12.6. The topological polar surface area (TPSA) is 111 Å². The summed E-state index contributed by atoms with van der Waals surface area (Å²) in [5, 5.41) is 2.67. The number of hydrogen-bond acceptors (Lipinski definition) is 7. The molecule has 168 valence electrons. The Morgan fingerprint density at radius 2 is 1.87 bits per heavy atom. The lowest BCUT2D eigenvalue weighted by Gasteiger charge is -2.33. The quantitative estimate of drug-likeness (QED) is 0.674. The second kappa shape index (κ2) is 9.65. The van der Waals surface area contributed by atoms with Crippen LogP contribution in [0.1, 0.15) is 39.7 Å². The van der Waals surface area contributed by atoms with E-state index in [-0.39, 0.29) is 13.2 Å². The van der Waals surface area contributed by atoms with E-state index in [9.17, 15) is 18.0 Å². The molecule has 3 atom stereocenters. The molecule has 0 aliphatic carbocycles. The minimum atomic E-state index is -3.76. The van der Waals surface area contributed by atoms with Crippen LogP contribution in [0.25, 0.3) is 0 Å². The highest BCUT2D eigenvalue weighted by molar-refractivity contribution is 7.86. The number of likely N-dealkylation sites (tertiary alicyclic amines) is 1. The zero-order valence-corrected chi connectivity index (χ0v) is 18.8. The average molecular weight is 443 g/mol. The minimum absolute atomic E-state index is 0.0864. The molecule has 2 amide bonds. The van der Waals surface area contributed by atoms with Gasteiger partial charge in [-0.05, 0) is 39.7 Å². The van der Waals surface area contributed by atoms with Crippen LogP contribution in [0.4, 0.5) is 9.59 Å². The normalized spacial score (nSPS) is 20.5. The Morgan fingerprint density at radius 3 is 2.43 bits per heavy atom. The number of rotatable bonds is 6. The molecule has 1 aliphatic rings. The molecular formula is C20H30N2O7S. The van der Waals surface area contributed by atoms with Crippen LogP contribution < -0.4 is 5.32 Å². The fourth-order valence-electron chi connectivity index (χ4n) is 3.28. The number of carbonyl (C=O) groups is 2. The van der Waals surface area contributed by atoms with Gasteiger partial charge in [0.15, 0.2) is 0 Å². The van der Waals surface area contributed by atoms with Crippen LogP contribution in [0.15, 0.2) is 30.3 Å². The summed E-state index contributed by atoms with van der Waals surface area (Å²) in [6, 6.07) is 7.81. The number of amides is 2. The summed E-state index contributed by atoms with van der Waals surface area (Å²) in [5.41, 5.74) is 0.109. The van der Waals surface area contributed by atoms with Gasteiger partial charge in [-0.25, -0.2) is 9.59 Å². The van der Waals surface area contributed by atoms with E-state index in [1.165, 1.54) is 4.90 Å². The molecule has 1 aromatic carbocycles. The van der Waals surface area contributed by atoms with Gasteiger partial charge in [0.2, 0.25) is 0 Å². The van der Waals surface area contributed by atoms with Crippen LogP contribution >= 0.6 is 0 Å². The number of nitrogens with zero attached hydrogens (tertiary/aromatic N) is 1. The second-order valence-electron chi connectivity index (χ2n) is 8.29. The van der Waals surface area contributed by atoms with E-state index in [0.717, 1.165) is 11.8 Å². The summed E-state index contributed by atoms with van der Waals surface area (Å²) < 4.78 is 39.2. The standard InChI is InChI=1S/C20H30N2O7S/c1-14(21-18(23)27-13-15-9-7-6-8-10-15)17-16(29-30(5,25)26)11-12-22(17)19(24)28-20(2,3)4/h6-10,14,16-17H,11-13H2,1-5H3,(H,21,23)/t14?,16-,17+/m0/s1. The highest BCUT2D eigenvalue weighted by Gasteiger charge is 2.44. The predicted octanol–water partition coefficient (Wildman–Crippen LogP) is 2.66. The number of ether oxygens (including phenoxy) is 2. The van der Waals surface area contributed by atoms with Crippen molar-refractivity contribution in [1.82, 2.24) is 10.2 Å². The van der Waals surface area contributed by atoms with Crippen LogP contribution in [0.2, 0.25) is 0 Å². The van der Waals surface area contributed by atoms with E-state index >= 15 is 0 Å². The number of hydrogen-bond donors (Lipinski definition) is 1. The molecule has 1 fully saturated rings. The Hall–Kier alpha value is -2.33. The molecule has 0 spiro atoms. The Balaban J connectivity index is 2.08. The van der Waals surface area contributed by atoms with Gasteiger partial charge in [0.05, 0.1) is 18.3 Å². The van der Waals surface area contributed by atoms with Gasteiger partial charge in [0.1, 0.15) is 18.3 Å². The first-order valence-corrected chi connectivity index (χ1v) is 11.5. The first-order chi connectivity index (χ1) is 13.9. The highest BCUT2D eigenvalue weighted by Crippen LogP contribution is 2.27. The zero-order valence-electron chi connectivity index (χ0n) is 18.0. The smallest absolute Gasteiger partial charge is 0.410 e. The second-order valence-corrected chi connectivity index (χ2v) is 9.89. The van der Waals surface area contributed by atoms with Gasteiger partial charge < -0.3 is 19.7 Å². The van der Waals surface area contributed by atoms with Crippen molar-refractivity contribution in [2.24, 2.45) is 0 Å². The van der Waals surface area contributed by atoms with Crippen LogP contribution in [0, 0.1) is 0 Å². The van der Waals surface area contributed by atoms with Crippen molar-refractivity contribution < 1.29 is 31.7 Å². The van der Waals surface area contributed by atoms with Crippen LogP contribution in [0.3, 0.4) is 0 Å². The van der Waals surface area contributed by atoms with Gasteiger partial charge in [-0.15, -0.1) is 0 Å². The lowest BCUT2D eigenvalue weighted by Crippen LogP contribution is -2.54. The Labute approximate surface area is 177 Å². The molecule has 2 rings (SSSR count). The van der Waals surface area contributed by atoms with Crippen LogP contribution in [-0.2, 0) is 30.4 Å². The number of carbonyl (C=O) groups excluding carboxylic acids is 2. The summed E-state index contributed by atoms with van der Waals surface area (Å²) in [7, 11) is -3.76. The molecule has 0 radical (unpaired) electrons. The fourth-order valence-corrected chi connectivity index (χ4v) is 3.94. The zero-order chi connectivity index (χ0) is 22.5. The van der Waals surface area contributed by atoms with Gasteiger partial charge >= 0.3 is 12.2 Å². The third kappa shape index (κ3) is 7.49. The monoisotopic (exact) mass is 442 g/mol. The van der Waals surface area contributed by atoms with Crippen molar-refractivity contribution in [3.8, 4) is 0 Å². The van der Waals surface area contributed by atoms with E-state index in [1.807, 2.05) is 30.3 Å². The number of alkyl carbamates (subject to hydrolysis) is 1. The van der Waals surface area contributed by atoms with Crippen molar-refractivity contribution >= 4 is 22.3 Å². The first kappa shape index (κ1) is 23.9. The lowest BCUT2D eigenvalue weighted by atomic mass is 10.1. The maximum Gasteiger partial charge on any atom is 0.410 e. The maximum atomic E-state index is 12.6. The van der Waals surface area contributed by atoms with Crippen molar-refractivity contribution in [1.29, 1.82) is 0 Å². The van der Waals surface area contributed by atoms with Gasteiger partial charge in [0.25, 0.3) is 10.1 Å². The highest BCUT2D eigenvalue weighted by atomic mass is 32.2. The van der Waals surface area contributed by atoms with Crippen molar-refractivity contribution in [3.05, 3.63) is 35.9 Å². The van der Waals surface area contributed by atoms with Gasteiger partial charge in [-0.3, -0.25) is 4.18 Å². The Morgan fingerprint density at radius 1 is 1.23 bits per heavy atom. The summed E-state index contributed by atoms with van der Waals surface area (Å²) in [5.74, 6) is 0. The largest absolute Gasteiger partial charge is 0.445 e. The molecule has 0 saturated carbocycles. The van der Waals surface area contributed by atoms with Gasteiger partial charge in [-0.1, -0.05) is 30.3 Å². The van der Waals surface area contributed by atoms with Crippen LogP contribution in [-0.4, -0.2) is 62.1 Å². The average Bonchev–Trinajstić information content (AvgIpc) is 3.01. The van der Waals surface area contributed by atoms with Gasteiger partial charge in [0, 0.05) is 6.54 Å². The lowest BCUT2D eigenvalue weighted by molar-refractivity contribution is 0.0130. The van der Waals surface area contributed by atoms with Crippen molar-refractivity contribution in [3.63, 3.8) is 0 Å². The molecule has 0 bridgehead atoms. The molecule has 10 heteroatoms. The molecular weight excluding hydrogens is 412 g/mol. The van der Waals surface area contributed by atoms with E-state index in [0.29, 0.717) is 6.42 Å². The Bertz CT molecular complexity index is 836. The minimum Gasteiger partial charge on any atom is -0.445 e. The number of benzene rings is 1. The van der Waals surface area contributed by atoms with Crippen LogP contribution in [0.5, 0.6) is 0 Å². The fraction of sp³-hybridized carbons (Fsp3) is 0.600. The molecule has 30 heavy (non-hydrogen) atoms. The Kier molecular flexibility index (Phi) is 7.70. The molecule has 1 N–H and O–H groups in total. The summed E-state index contributed by atoms with van der Waals surface area (Å²) in [4.78, 5) is 26.3. The summed E-state index contributed by atoms with van der Waals surface area (Å²) >= 11 is 0. The van der Waals surface area contributed by atoms with Crippen molar-refractivity contribution in [2.45, 2.75) is 64.5 Å². The molecule has 1 unspecified atom stereocenters. The van der Waals surface area contributed by atoms with E-state index in [2.05, 4.69) is 5.32 Å². The summed E-state index contributed by atoms with van der Waals surface area (Å²) in [6.07, 6.45) is -0.843.